The third-order valence-corrected chi connectivity index (χ3v) is 7.18. The second-order valence-electron chi connectivity index (χ2n) is 6.07. The SMILES string of the molecule is CCCCOC(C)CC(CC)CC[Si](OCC)(OCC)OCC. The molecule has 0 aliphatic rings. The van der Waals surface area contributed by atoms with Gasteiger partial charge in [-0.05, 0) is 52.9 Å². The van der Waals surface area contributed by atoms with Crippen molar-refractivity contribution in [3.63, 3.8) is 0 Å². The third kappa shape index (κ3) is 10.5. The fraction of sp³-hybridized carbons (Fsp3) is 1.00. The molecule has 0 aromatic heterocycles. The molecule has 2 atom stereocenters. The summed E-state index contributed by atoms with van der Waals surface area (Å²) < 4.78 is 23.8. The van der Waals surface area contributed by atoms with Crippen LogP contribution in [0.15, 0.2) is 0 Å². The fourth-order valence-electron chi connectivity index (χ4n) is 2.84. The van der Waals surface area contributed by atoms with Gasteiger partial charge in [0.1, 0.15) is 0 Å². The van der Waals surface area contributed by atoms with Crippen molar-refractivity contribution < 1.29 is 18.0 Å². The van der Waals surface area contributed by atoms with Crippen molar-refractivity contribution in [1.82, 2.24) is 0 Å². The molecular formula is C18H40O4Si. The lowest BCUT2D eigenvalue weighted by molar-refractivity contribution is 0.0429. The Morgan fingerprint density at radius 3 is 1.87 bits per heavy atom. The molecule has 0 saturated heterocycles. The normalized spacial score (nSPS) is 14.9. The van der Waals surface area contributed by atoms with Crippen molar-refractivity contribution in [2.75, 3.05) is 26.4 Å². The molecule has 0 aromatic rings. The molecule has 0 N–H and O–H groups in total. The Morgan fingerprint density at radius 1 is 0.870 bits per heavy atom. The van der Waals surface area contributed by atoms with Crippen LogP contribution in [0.3, 0.4) is 0 Å². The van der Waals surface area contributed by atoms with Crippen LogP contribution in [-0.4, -0.2) is 41.3 Å². The largest absolute Gasteiger partial charge is 0.500 e. The topological polar surface area (TPSA) is 36.9 Å². The monoisotopic (exact) mass is 348 g/mol. The molecule has 0 spiro atoms. The molecule has 0 fully saturated rings. The van der Waals surface area contributed by atoms with Gasteiger partial charge in [-0.25, -0.2) is 0 Å². The van der Waals surface area contributed by atoms with Crippen LogP contribution < -0.4 is 0 Å². The van der Waals surface area contributed by atoms with E-state index < -0.39 is 8.80 Å². The molecule has 0 aliphatic heterocycles. The first-order valence-electron chi connectivity index (χ1n) is 9.60. The summed E-state index contributed by atoms with van der Waals surface area (Å²) >= 11 is 0. The van der Waals surface area contributed by atoms with Crippen molar-refractivity contribution in [2.24, 2.45) is 5.92 Å². The molecule has 5 heteroatoms. The smallest absolute Gasteiger partial charge is 0.378 e. The molecule has 2 unspecified atom stereocenters. The Labute approximate surface area is 145 Å². The highest BCUT2D eigenvalue weighted by Gasteiger charge is 2.40. The van der Waals surface area contributed by atoms with E-state index in [0.29, 0.717) is 31.8 Å². The minimum absolute atomic E-state index is 0.328. The van der Waals surface area contributed by atoms with E-state index in [1.807, 2.05) is 20.8 Å². The molecule has 0 bridgehead atoms. The molecule has 140 valence electrons. The first-order valence-corrected chi connectivity index (χ1v) is 11.5. The number of hydrogen-bond donors (Lipinski definition) is 0. The first kappa shape index (κ1) is 23.1. The predicted molar refractivity (Wildman–Crippen MR) is 98.8 cm³/mol. The summed E-state index contributed by atoms with van der Waals surface area (Å²) in [5, 5.41) is 0. The molecule has 0 rings (SSSR count). The van der Waals surface area contributed by atoms with Crippen LogP contribution in [0.2, 0.25) is 6.04 Å². The molecule has 0 aromatic carbocycles. The summed E-state index contributed by atoms with van der Waals surface area (Å²) in [4.78, 5) is 0. The molecule has 0 amide bonds. The molecule has 0 saturated carbocycles. The van der Waals surface area contributed by atoms with Crippen molar-refractivity contribution in [1.29, 1.82) is 0 Å². The highest BCUT2D eigenvalue weighted by molar-refractivity contribution is 6.60. The van der Waals surface area contributed by atoms with E-state index >= 15 is 0 Å². The average Bonchev–Trinajstić information content (AvgIpc) is 2.52. The molecule has 0 radical (unpaired) electrons. The van der Waals surface area contributed by atoms with Gasteiger partial charge in [-0.1, -0.05) is 26.7 Å². The van der Waals surface area contributed by atoms with Gasteiger partial charge in [-0.3, -0.25) is 0 Å². The zero-order valence-electron chi connectivity index (χ0n) is 16.4. The zero-order valence-corrected chi connectivity index (χ0v) is 17.4. The maximum absolute atomic E-state index is 5.95. The minimum Gasteiger partial charge on any atom is -0.378 e. The Hall–Kier alpha value is 0.0569. The first-order chi connectivity index (χ1) is 11.1. The lowest BCUT2D eigenvalue weighted by atomic mass is 9.96. The standard InChI is InChI=1S/C18H40O4Si/c1-7-12-14-19-17(6)16-18(8-2)13-15-23(20-9-3,21-10-4)22-11-5/h17-18H,7-16H2,1-6H3. The van der Waals surface area contributed by atoms with Gasteiger partial charge in [0.25, 0.3) is 0 Å². The van der Waals surface area contributed by atoms with Gasteiger partial charge < -0.3 is 18.0 Å². The Bertz CT molecular complexity index is 246. The van der Waals surface area contributed by atoms with Crippen LogP contribution in [0.4, 0.5) is 0 Å². The lowest BCUT2D eigenvalue weighted by Crippen LogP contribution is -2.46. The predicted octanol–water partition coefficient (Wildman–Crippen LogP) is 5.05. The van der Waals surface area contributed by atoms with Crippen LogP contribution in [0, 0.1) is 5.92 Å². The second kappa shape index (κ2) is 14.4. The van der Waals surface area contributed by atoms with E-state index in [2.05, 4.69) is 20.8 Å². The molecule has 23 heavy (non-hydrogen) atoms. The van der Waals surface area contributed by atoms with Crippen molar-refractivity contribution in [2.45, 2.75) is 85.8 Å². The number of hydrogen-bond acceptors (Lipinski definition) is 4. The lowest BCUT2D eigenvalue weighted by Gasteiger charge is -2.30. The van der Waals surface area contributed by atoms with Crippen LogP contribution in [0.5, 0.6) is 0 Å². The number of unbranched alkanes of at least 4 members (excludes halogenated alkanes) is 1. The van der Waals surface area contributed by atoms with Crippen LogP contribution in [-0.2, 0) is 18.0 Å². The van der Waals surface area contributed by atoms with E-state index in [-0.39, 0.29) is 0 Å². The van der Waals surface area contributed by atoms with Gasteiger partial charge >= 0.3 is 8.80 Å². The van der Waals surface area contributed by atoms with Crippen LogP contribution in [0.1, 0.15) is 73.6 Å². The van der Waals surface area contributed by atoms with Gasteiger partial charge in [-0.15, -0.1) is 0 Å². The quantitative estimate of drug-likeness (QED) is 0.289. The van der Waals surface area contributed by atoms with Gasteiger partial charge in [0.15, 0.2) is 0 Å². The zero-order chi connectivity index (χ0) is 17.6. The minimum atomic E-state index is -2.50. The van der Waals surface area contributed by atoms with E-state index in [4.69, 9.17) is 18.0 Å². The number of rotatable bonds is 16. The maximum atomic E-state index is 5.95. The second-order valence-corrected chi connectivity index (χ2v) is 8.80. The van der Waals surface area contributed by atoms with Crippen molar-refractivity contribution in [3.8, 4) is 0 Å². The van der Waals surface area contributed by atoms with E-state index in [9.17, 15) is 0 Å². The van der Waals surface area contributed by atoms with Gasteiger partial charge in [0.05, 0.1) is 6.10 Å². The summed E-state index contributed by atoms with van der Waals surface area (Å²) in [6, 6.07) is 0.905. The molecule has 0 aliphatic carbocycles. The van der Waals surface area contributed by atoms with Crippen molar-refractivity contribution in [3.05, 3.63) is 0 Å². The maximum Gasteiger partial charge on any atom is 0.500 e. The van der Waals surface area contributed by atoms with E-state index in [1.165, 1.54) is 6.42 Å². The average molecular weight is 349 g/mol. The fourth-order valence-corrected chi connectivity index (χ4v) is 5.60. The van der Waals surface area contributed by atoms with Gasteiger partial charge in [0, 0.05) is 32.5 Å². The van der Waals surface area contributed by atoms with Crippen LogP contribution in [0.25, 0.3) is 0 Å². The molecule has 0 heterocycles. The molecule has 4 nitrogen and oxygen atoms in total. The summed E-state index contributed by atoms with van der Waals surface area (Å²) in [5.74, 6) is 0.639. The van der Waals surface area contributed by atoms with E-state index in [0.717, 1.165) is 38.3 Å². The Morgan fingerprint density at radius 2 is 1.43 bits per heavy atom. The van der Waals surface area contributed by atoms with Crippen molar-refractivity contribution >= 4 is 8.80 Å². The van der Waals surface area contributed by atoms with Crippen LogP contribution >= 0.6 is 0 Å². The Balaban J connectivity index is 4.45. The van der Waals surface area contributed by atoms with Gasteiger partial charge in [0.2, 0.25) is 0 Å². The molecular weight excluding hydrogens is 308 g/mol. The summed E-state index contributed by atoms with van der Waals surface area (Å²) in [5.41, 5.74) is 0. The van der Waals surface area contributed by atoms with E-state index in [1.54, 1.807) is 0 Å². The summed E-state index contributed by atoms with van der Waals surface area (Å²) in [6.45, 7) is 15.5. The highest BCUT2D eigenvalue weighted by Crippen LogP contribution is 2.26. The number of ether oxygens (including phenoxy) is 1. The summed E-state index contributed by atoms with van der Waals surface area (Å²) in [7, 11) is -2.50. The van der Waals surface area contributed by atoms with Gasteiger partial charge in [-0.2, -0.15) is 0 Å². The third-order valence-electron chi connectivity index (χ3n) is 4.09. The summed E-state index contributed by atoms with van der Waals surface area (Å²) in [6.07, 6.45) is 6.02. The highest BCUT2D eigenvalue weighted by atomic mass is 28.4. The Kier molecular flexibility index (Phi) is 14.4.